The summed E-state index contributed by atoms with van der Waals surface area (Å²) in [6, 6.07) is 0. The number of likely N-dealkylation sites (N-methyl/N-ethyl adjacent to an activating group) is 1. The van der Waals surface area contributed by atoms with Gasteiger partial charge in [-0.1, -0.05) is 154 Å². The number of carbonyl (C=O) groups is 2. The third kappa shape index (κ3) is 38.3. The van der Waals surface area contributed by atoms with E-state index in [2.05, 4.69) is 26.0 Å². The number of phosphoric ester groups is 1. The quantitative estimate of drug-likeness (QED) is 0.0202. The molecule has 0 amide bonds. The minimum absolute atomic E-state index is 0.0282. The summed E-state index contributed by atoms with van der Waals surface area (Å²) in [7, 11) is 1.17. The molecule has 51 heavy (non-hydrogen) atoms. The zero-order valence-electron chi connectivity index (χ0n) is 33.8. The zero-order chi connectivity index (χ0) is 37.9. The van der Waals surface area contributed by atoms with Crippen molar-refractivity contribution in [2.24, 2.45) is 0 Å². The molecule has 0 heterocycles. The number of ether oxygens (including phenoxy) is 2. The first-order chi connectivity index (χ1) is 24.5. The molecule has 0 aromatic heterocycles. The number of nitrogens with zero attached hydrogens (tertiary/aromatic N) is 1. The fourth-order valence-corrected chi connectivity index (χ4v) is 6.42. The van der Waals surface area contributed by atoms with Crippen molar-refractivity contribution in [1.82, 2.24) is 0 Å². The molecule has 0 radical (unpaired) electrons. The average molecular weight is 746 g/mol. The molecular weight excluding hydrogens is 665 g/mol. The van der Waals surface area contributed by atoms with Crippen molar-refractivity contribution in [3.05, 3.63) is 12.2 Å². The van der Waals surface area contributed by atoms with Gasteiger partial charge in [-0.25, -0.2) is 0 Å². The Morgan fingerprint density at radius 1 is 0.588 bits per heavy atom. The maximum Gasteiger partial charge on any atom is 0.306 e. The van der Waals surface area contributed by atoms with E-state index >= 15 is 0 Å². The van der Waals surface area contributed by atoms with Crippen molar-refractivity contribution in [1.29, 1.82) is 0 Å². The molecule has 0 aliphatic carbocycles. The number of esters is 2. The van der Waals surface area contributed by atoms with Crippen LogP contribution in [0.3, 0.4) is 0 Å². The summed E-state index contributed by atoms with van der Waals surface area (Å²) in [5.74, 6) is -0.831. The van der Waals surface area contributed by atoms with E-state index in [0.29, 0.717) is 17.4 Å². The highest BCUT2D eigenvalue weighted by atomic mass is 31.2. The highest BCUT2D eigenvalue weighted by molar-refractivity contribution is 7.45. The van der Waals surface area contributed by atoms with Gasteiger partial charge in [0.15, 0.2) is 6.10 Å². The molecule has 0 aromatic carbocycles. The van der Waals surface area contributed by atoms with Gasteiger partial charge in [0.05, 0.1) is 27.7 Å². The van der Waals surface area contributed by atoms with E-state index in [1.165, 1.54) is 116 Å². The van der Waals surface area contributed by atoms with Gasteiger partial charge in [-0.2, -0.15) is 0 Å². The Morgan fingerprint density at radius 3 is 1.51 bits per heavy atom. The summed E-state index contributed by atoms with van der Waals surface area (Å²) in [5, 5.41) is 0. The Labute approximate surface area is 314 Å². The number of hydrogen-bond donors (Lipinski definition) is 0. The standard InChI is InChI=1S/C41H80NO8P/c1-6-8-10-12-14-16-18-20-21-22-24-26-28-30-32-34-41(44)50-39(38-49-51(45,46)48-36-35-42(3,4)5)37-47-40(43)33-31-29-27-25-23-19-17-15-13-11-9-7-2/h12,14,39H,6-11,13,15-38H2,1-5H3/b14-12+/t39-/m1/s1. The number of unbranched alkanes of at least 4 members (excludes halogenated alkanes) is 22. The molecule has 10 heteroatoms. The number of phosphoric acid groups is 1. The van der Waals surface area contributed by atoms with Gasteiger partial charge in [0.25, 0.3) is 7.82 Å². The molecule has 0 N–H and O–H groups in total. The normalized spacial score (nSPS) is 13.8. The number of hydrogen-bond acceptors (Lipinski definition) is 8. The number of quaternary nitrogens is 1. The van der Waals surface area contributed by atoms with Gasteiger partial charge < -0.3 is 27.9 Å². The molecule has 0 aliphatic heterocycles. The molecule has 0 fully saturated rings. The molecule has 0 rings (SSSR count). The second-order valence-electron chi connectivity index (χ2n) is 15.4. The first-order valence-electron chi connectivity index (χ1n) is 20.9. The lowest BCUT2D eigenvalue weighted by atomic mass is 10.0. The fraction of sp³-hybridized carbons (Fsp3) is 0.902. The summed E-state index contributed by atoms with van der Waals surface area (Å²) >= 11 is 0. The lowest BCUT2D eigenvalue weighted by molar-refractivity contribution is -0.870. The second kappa shape index (κ2) is 34.5. The molecule has 0 spiro atoms. The first kappa shape index (κ1) is 49.8. The molecule has 0 aliphatic rings. The summed E-state index contributed by atoms with van der Waals surface area (Å²) < 4.78 is 33.8. The minimum atomic E-state index is -4.61. The maximum atomic E-state index is 12.6. The van der Waals surface area contributed by atoms with E-state index in [-0.39, 0.29) is 32.0 Å². The molecule has 0 bridgehead atoms. The van der Waals surface area contributed by atoms with Gasteiger partial charge in [-0.3, -0.25) is 14.2 Å². The van der Waals surface area contributed by atoms with Crippen molar-refractivity contribution in [3.8, 4) is 0 Å². The smallest absolute Gasteiger partial charge is 0.306 e. The lowest BCUT2D eigenvalue weighted by Crippen LogP contribution is -2.37. The van der Waals surface area contributed by atoms with Crippen LogP contribution in [0, 0.1) is 0 Å². The van der Waals surface area contributed by atoms with Crippen LogP contribution in [0.5, 0.6) is 0 Å². The largest absolute Gasteiger partial charge is 0.756 e. The summed E-state index contributed by atoms with van der Waals surface area (Å²) in [5.41, 5.74) is 0. The highest BCUT2D eigenvalue weighted by Crippen LogP contribution is 2.38. The Bertz CT molecular complexity index is 891. The fourth-order valence-electron chi connectivity index (χ4n) is 5.69. The third-order valence-electron chi connectivity index (χ3n) is 9.04. The van der Waals surface area contributed by atoms with E-state index in [1.54, 1.807) is 0 Å². The van der Waals surface area contributed by atoms with Crippen molar-refractivity contribution in [3.63, 3.8) is 0 Å². The van der Waals surface area contributed by atoms with Crippen molar-refractivity contribution >= 4 is 19.8 Å². The molecule has 0 aromatic rings. The lowest BCUT2D eigenvalue weighted by Gasteiger charge is -2.28. The number of rotatable bonds is 38. The summed E-state index contributed by atoms with van der Waals surface area (Å²) in [6.07, 6.45) is 33.7. The van der Waals surface area contributed by atoms with Crippen molar-refractivity contribution in [2.45, 2.75) is 193 Å². The van der Waals surface area contributed by atoms with Crippen LogP contribution in [0.2, 0.25) is 0 Å². The monoisotopic (exact) mass is 746 g/mol. The van der Waals surface area contributed by atoms with Crippen LogP contribution in [0.25, 0.3) is 0 Å². The Hall–Kier alpha value is -1.25. The second-order valence-corrected chi connectivity index (χ2v) is 16.8. The van der Waals surface area contributed by atoms with E-state index < -0.39 is 26.5 Å². The van der Waals surface area contributed by atoms with Gasteiger partial charge in [0.2, 0.25) is 0 Å². The van der Waals surface area contributed by atoms with E-state index in [1.807, 2.05) is 21.1 Å². The predicted octanol–water partition coefficient (Wildman–Crippen LogP) is 10.8. The van der Waals surface area contributed by atoms with Gasteiger partial charge in [-0.15, -0.1) is 0 Å². The number of allylic oxidation sites excluding steroid dienone is 2. The van der Waals surface area contributed by atoms with Crippen LogP contribution in [0.4, 0.5) is 0 Å². The average Bonchev–Trinajstić information content (AvgIpc) is 3.07. The topological polar surface area (TPSA) is 111 Å². The van der Waals surface area contributed by atoms with Crippen LogP contribution in [-0.2, 0) is 32.7 Å². The molecule has 2 atom stereocenters. The highest BCUT2D eigenvalue weighted by Gasteiger charge is 2.21. The van der Waals surface area contributed by atoms with E-state index in [0.717, 1.165) is 38.5 Å². The van der Waals surface area contributed by atoms with Crippen molar-refractivity contribution in [2.75, 3.05) is 47.5 Å². The SMILES string of the molecule is CCCC/C=C/CCCCCCCCCCCC(=O)O[C@H](COC(=O)CCCCCCCCCCCCCC)COP(=O)([O-])OCC[N+](C)(C)C. The van der Waals surface area contributed by atoms with E-state index in [9.17, 15) is 19.0 Å². The van der Waals surface area contributed by atoms with Gasteiger partial charge >= 0.3 is 11.9 Å². The Kier molecular flexibility index (Phi) is 33.7. The molecule has 0 saturated heterocycles. The first-order valence-corrected chi connectivity index (χ1v) is 22.4. The predicted molar refractivity (Wildman–Crippen MR) is 208 cm³/mol. The zero-order valence-corrected chi connectivity index (χ0v) is 34.7. The maximum absolute atomic E-state index is 12.6. The molecule has 302 valence electrons. The molecule has 9 nitrogen and oxygen atoms in total. The minimum Gasteiger partial charge on any atom is -0.756 e. The van der Waals surface area contributed by atoms with Crippen LogP contribution in [0.15, 0.2) is 12.2 Å². The third-order valence-corrected chi connectivity index (χ3v) is 10.00. The Morgan fingerprint density at radius 2 is 1.02 bits per heavy atom. The summed E-state index contributed by atoms with van der Waals surface area (Å²) in [4.78, 5) is 37.4. The summed E-state index contributed by atoms with van der Waals surface area (Å²) in [6.45, 7) is 4.20. The molecule has 1 unspecified atom stereocenters. The van der Waals surface area contributed by atoms with Crippen LogP contribution in [0.1, 0.15) is 187 Å². The van der Waals surface area contributed by atoms with E-state index in [4.69, 9.17) is 18.5 Å². The van der Waals surface area contributed by atoms with Crippen LogP contribution < -0.4 is 4.89 Å². The van der Waals surface area contributed by atoms with Gasteiger partial charge in [0.1, 0.15) is 19.8 Å². The van der Waals surface area contributed by atoms with Crippen molar-refractivity contribution < 1.29 is 42.1 Å². The van der Waals surface area contributed by atoms with Crippen LogP contribution in [-0.4, -0.2) is 70.0 Å². The Balaban J connectivity index is 4.37. The van der Waals surface area contributed by atoms with Gasteiger partial charge in [0, 0.05) is 12.8 Å². The molecule has 0 saturated carbocycles. The van der Waals surface area contributed by atoms with Gasteiger partial charge in [-0.05, 0) is 32.1 Å². The number of carbonyl (C=O) groups excluding carboxylic acids is 2. The van der Waals surface area contributed by atoms with Crippen LogP contribution >= 0.6 is 7.82 Å². The molecular formula is C41H80NO8P.